The van der Waals surface area contributed by atoms with Crippen molar-refractivity contribution < 1.29 is 19.6 Å². The molecule has 0 fully saturated rings. The van der Waals surface area contributed by atoms with Crippen LogP contribution in [-0.4, -0.2) is 27.9 Å². The first-order valence-electron chi connectivity index (χ1n) is 8.36. The topological polar surface area (TPSA) is 122 Å². The number of rotatable bonds is 8. The first-order chi connectivity index (χ1) is 12.8. The molecule has 0 aliphatic rings. The minimum atomic E-state index is -1.17. The normalized spacial score (nSPS) is 12.8. The van der Waals surface area contributed by atoms with Crippen LogP contribution in [0.4, 0.5) is 11.4 Å². The highest BCUT2D eigenvalue weighted by Crippen LogP contribution is 2.25. The van der Waals surface area contributed by atoms with Gasteiger partial charge in [0.25, 0.3) is 5.69 Å². The van der Waals surface area contributed by atoms with Crippen molar-refractivity contribution >= 4 is 23.3 Å². The zero-order valence-corrected chi connectivity index (χ0v) is 15.0. The molecule has 8 heteroatoms. The molecule has 8 nitrogen and oxygen atoms in total. The highest BCUT2D eigenvalue weighted by molar-refractivity contribution is 5.95. The molecule has 2 aromatic rings. The summed E-state index contributed by atoms with van der Waals surface area (Å²) in [5.41, 5.74) is 1.37. The molecule has 0 spiro atoms. The predicted molar refractivity (Wildman–Crippen MR) is 100 cm³/mol. The van der Waals surface area contributed by atoms with Crippen molar-refractivity contribution in [2.45, 2.75) is 32.4 Å². The molecule has 1 amide bonds. The van der Waals surface area contributed by atoms with Crippen LogP contribution < -0.4 is 10.6 Å². The minimum Gasteiger partial charge on any atom is -0.480 e. The molecule has 0 heterocycles. The van der Waals surface area contributed by atoms with E-state index in [1.54, 1.807) is 19.9 Å². The molecular weight excluding hydrogens is 350 g/mol. The number of carboxylic acid groups (broad SMARTS) is 1. The SMILES string of the molecule is Cc1ccc(NC(=O)CC(NC(C)c2ccccc2)C(=O)O)c([N+](=O)[O-])c1. The van der Waals surface area contributed by atoms with Gasteiger partial charge in [-0.05, 0) is 31.0 Å². The summed E-state index contributed by atoms with van der Waals surface area (Å²) in [4.78, 5) is 34.3. The van der Waals surface area contributed by atoms with Crippen LogP contribution in [0.5, 0.6) is 0 Å². The van der Waals surface area contributed by atoms with Crippen molar-refractivity contribution in [1.29, 1.82) is 0 Å². The van der Waals surface area contributed by atoms with Crippen molar-refractivity contribution in [3.8, 4) is 0 Å². The number of aryl methyl sites for hydroxylation is 1. The van der Waals surface area contributed by atoms with Crippen LogP contribution >= 0.6 is 0 Å². The summed E-state index contributed by atoms with van der Waals surface area (Å²) in [6.45, 7) is 3.50. The van der Waals surface area contributed by atoms with Crippen molar-refractivity contribution in [1.82, 2.24) is 5.32 Å². The number of carboxylic acids is 1. The van der Waals surface area contributed by atoms with Gasteiger partial charge in [-0.2, -0.15) is 0 Å². The van der Waals surface area contributed by atoms with E-state index in [1.807, 2.05) is 30.3 Å². The van der Waals surface area contributed by atoms with Gasteiger partial charge in [-0.15, -0.1) is 0 Å². The molecule has 0 aliphatic heterocycles. The summed E-state index contributed by atoms with van der Waals surface area (Å²) >= 11 is 0. The number of hydrogen-bond acceptors (Lipinski definition) is 5. The third kappa shape index (κ3) is 5.61. The molecule has 0 bridgehead atoms. The molecule has 0 saturated heterocycles. The van der Waals surface area contributed by atoms with E-state index in [2.05, 4.69) is 10.6 Å². The standard InChI is InChI=1S/C19H21N3O5/c1-12-8-9-15(17(10-12)22(26)27)21-18(23)11-16(19(24)25)20-13(2)14-6-4-3-5-7-14/h3-10,13,16,20H,11H2,1-2H3,(H,21,23)(H,24,25). The Balaban J connectivity index is 2.07. The first kappa shape index (κ1) is 20.1. The quantitative estimate of drug-likeness (QED) is 0.484. The molecule has 2 unspecified atom stereocenters. The number of nitro groups is 1. The Bertz CT molecular complexity index is 838. The smallest absolute Gasteiger partial charge is 0.321 e. The fraction of sp³-hybridized carbons (Fsp3) is 0.263. The molecule has 142 valence electrons. The number of hydrogen-bond donors (Lipinski definition) is 3. The van der Waals surface area contributed by atoms with E-state index in [0.717, 1.165) is 5.56 Å². The average Bonchev–Trinajstić information content (AvgIpc) is 2.63. The lowest BCUT2D eigenvalue weighted by molar-refractivity contribution is -0.384. The first-order valence-corrected chi connectivity index (χ1v) is 8.36. The summed E-state index contributed by atoms with van der Waals surface area (Å²) < 4.78 is 0. The Kier molecular flexibility index (Phi) is 6.62. The predicted octanol–water partition coefficient (Wildman–Crippen LogP) is 3.04. The maximum absolute atomic E-state index is 12.3. The summed E-state index contributed by atoms with van der Waals surface area (Å²) in [5.74, 6) is -1.80. The molecule has 2 atom stereocenters. The number of anilines is 1. The van der Waals surface area contributed by atoms with E-state index in [4.69, 9.17) is 0 Å². The van der Waals surface area contributed by atoms with Crippen LogP contribution in [0.15, 0.2) is 48.5 Å². The van der Waals surface area contributed by atoms with Gasteiger partial charge < -0.3 is 10.4 Å². The van der Waals surface area contributed by atoms with Gasteiger partial charge in [-0.3, -0.25) is 25.0 Å². The Morgan fingerprint density at radius 1 is 1.19 bits per heavy atom. The number of amides is 1. The number of carbonyl (C=O) groups excluding carboxylic acids is 1. The Morgan fingerprint density at radius 3 is 2.44 bits per heavy atom. The Morgan fingerprint density at radius 2 is 1.85 bits per heavy atom. The monoisotopic (exact) mass is 371 g/mol. The van der Waals surface area contributed by atoms with Crippen LogP contribution in [0.3, 0.4) is 0 Å². The van der Waals surface area contributed by atoms with Crippen LogP contribution in [-0.2, 0) is 9.59 Å². The Hall–Kier alpha value is -3.26. The van der Waals surface area contributed by atoms with Gasteiger partial charge in [0.1, 0.15) is 11.7 Å². The summed E-state index contributed by atoms with van der Waals surface area (Å²) in [5, 5.41) is 25.9. The Labute approximate surface area is 156 Å². The molecule has 0 aliphatic carbocycles. The second kappa shape index (κ2) is 8.91. The van der Waals surface area contributed by atoms with Crippen LogP contribution in [0.25, 0.3) is 0 Å². The van der Waals surface area contributed by atoms with E-state index in [1.165, 1.54) is 12.1 Å². The minimum absolute atomic E-state index is 0.0378. The molecule has 2 aromatic carbocycles. The second-order valence-electron chi connectivity index (χ2n) is 6.22. The highest BCUT2D eigenvalue weighted by Gasteiger charge is 2.25. The van der Waals surface area contributed by atoms with Crippen LogP contribution in [0.2, 0.25) is 0 Å². The zero-order chi connectivity index (χ0) is 20.0. The molecule has 27 heavy (non-hydrogen) atoms. The van der Waals surface area contributed by atoms with Gasteiger partial charge in [0, 0.05) is 12.1 Å². The van der Waals surface area contributed by atoms with Crippen molar-refractivity contribution in [3.05, 3.63) is 69.8 Å². The van der Waals surface area contributed by atoms with Crippen molar-refractivity contribution in [2.75, 3.05) is 5.32 Å². The lowest BCUT2D eigenvalue weighted by Gasteiger charge is -2.20. The lowest BCUT2D eigenvalue weighted by atomic mass is 10.1. The molecular formula is C19H21N3O5. The van der Waals surface area contributed by atoms with E-state index in [-0.39, 0.29) is 23.8 Å². The molecule has 2 rings (SSSR count). The third-order valence-electron chi connectivity index (χ3n) is 4.06. The maximum atomic E-state index is 12.3. The zero-order valence-electron chi connectivity index (χ0n) is 15.0. The van der Waals surface area contributed by atoms with E-state index >= 15 is 0 Å². The fourth-order valence-electron chi connectivity index (χ4n) is 2.64. The molecule has 3 N–H and O–H groups in total. The summed E-state index contributed by atoms with van der Waals surface area (Å²) in [6, 6.07) is 12.2. The lowest BCUT2D eigenvalue weighted by Crippen LogP contribution is -2.41. The van der Waals surface area contributed by atoms with E-state index < -0.39 is 22.8 Å². The van der Waals surface area contributed by atoms with Crippen molar-refractivity contribution in [3.63, 3.8) is 0 Å². The van der Waals surface area contributed by atoms with Gasteiger partial charge >= 0.3 is 5.97 Å². The number of carbonyl (C=O) groups is 2. The largest absolute Gasteiger partial charge is 0.480 e. The third-order valence-corrected chi connectivity index (χ3v) is 4.06. The van der Waals surface area contributed by atoms with Gasteiger partial charge in [-0.25, -0.2) is 0 Å². The number of nitrogens with one attached hydrogen (secondary N) is 2. The fourth-order valence-corrected chi connectivity index (χ4v) is 2.64. The van der Waals surface area contributed by atoms with Gasteiger partial charge in [0.15, 0.2) is 0 Å². The van der Waals surface area contributed by atoms with Gasteiger partial charge in [0.2, 0.25) is 5.91 Å². The number of nitro benzene ring substituents is 1. The van der Waals surface area contributed by atoms with E-state index in [0.29, 0.717) is 5.56 Å². The molecule has 0 radical (unpaired) electrons. The molecule has 0 saturated carbocycles. The van der Waals surface area contributed by atoms with Gasteiger partial charge in [-0.1, -0.05) is 36.4 Å². The number of aliphatic carboxylic acids is 1. The van der Waals surface area contributed by atoms with Crippen LogP contribution in [0.1, 0.15) is 30.5 Å². The summed E-state index contributed by atoms with van der Waals surface area (Å²) in [7, 11) is 0. The highest BCUT2D eigenvalue weighted by atomic mass is 16.6. The van der Waals surface area contributed by atoms with Crippen molar-refractivity contribution in [2.24, 2.45) is 0 Å². The number of nitrogens with zero attached hydrogens (tertiary/aromatic N) is 1. The van der Waals surface area contributed by atoms with E-state index in [9.17, 15) is 24.8 Å². The number of benzene rings is 2. The molecule has 0 aromatic heterocycles. The second-order valence-corrected chi connectivity index (χ2v) is 6.22. The summed E-state index contributed by atoms with van der Waals surface area (Å²) in [6.07, 6.45) is -0.364. The van der Waals surface area contributed by atoms with Gasteiger partial charge in [0.05, 0.1) is 11.3 Å². The maximum Gasteiger partial charge on any atom is 0.321 e. The van der Waals surface area contributed by atoms with Crippen LogP contribution in [0, 0.1) is 17.0 Å². The average molecular weight is 371 g/mol.